The summed E-state index contributed by atoms with van der Waals surface area (Å²) in [7, 11) is 0. The summed E-state index contributed by atoms with van der Waals surface area (Å²) in [4.78, 5) is 17.0. The first-order chi connectivity index (χ1) is 19.0. The van der Waals surface area contributed by atoms with Crippen molar-refractivity contribution in [3.05, 3.63) is 78.1 Å². The molecule has 200 valence electrons. The van der Waals surface area contributed by atoms with Crippen molar-refractivity contribution in [3.63, 3.8) is 0 Å². The van der Waals surface area contributed by atoms with Gasteiger partial charge in [-0.3, -0.25) is 14.8 Å². The third-order valence-electron chi connectivity index (χ3n) is 6.53. The number of amides is 1. The summed E-state index contributed by atoms with van der Waals surface area (Å²) in [5.41, 5.74) is 4.75. The van der Waals surface area contributed by atoms with Crippen LogP contribution < -0.4 is 16.0 Å². The van der Waals surface area contributed by atoms with E-state index in [1.54, 1.807) is 23.0 Å². The minimum atomic E-state index is -0.300. The second-order valence-corrected chi connectivity index (χ2v) is 9.28. The number of nitrogens with one attached hydrogen (secondary N) is 3. The maximum Gasteiger partial charge on any atom is 0.250 e. The molecule has 12 heteroatoms. The number of aryl methyl sites for hydroxylation is 1. The van der Waals surface area contributed by atoms with Crippen molar-refractivity contribution in [2.24, 2.45) is 0 Å². The second kappa shape index (κ2) is 10.8. The van der Waals surface area contributed by atoms with Crippen LogP contribution in [-0.4, -0.2) is 62.9 Å². The molecule has 11 nitrogen and oxygen atoms in total. The maximum absolute atomic E-state index is 13.6. The number of aromatic nitrogens is 5. The summed E-state index contributed by atoms with van der Waals surface area (Å²) in [6, 6.07) is 12.4. The largest absolute Gasteiger partial charge is 0.376 e. The molecule has 0 aliphatic carbocycles. The highest BCUT2D eigenvalue weighted by Crippen LogP contribution is 2.29. The van der Waals surface area contributed by atoms with Crippen LogP contribution in [0.5, 0.6) is 0 Å². The van der Waals surface area contributed by atoms with Crippen LogP contribution in [0.2, 0.25) is 0 Å². The molecule has 0 radical (unpaired) electrons. The third-order valence-corrected chi connectivity index (χ3v) is 6.53. The van der Waals surface area contributed by atoms with Crippen LogP contribution in [0, 0.1) is 12.7 Å². The van der Waals surface area contributed by atoms with E-state index in [0.717, 1.165) is 33.2 Å². The number of hydrogen-bond acceptors (Lipinski definition) is 8. The van der Waals surface area contributed by atoms with Crippen LogP contribution in [0.3, 0.4) is 0 Å². The smallest absolute Gasteiger partial charge is 0.250 e. The number of anilines is 3. The lowest BCUT2D eigenvalue weighted by Crippen LogP contribution is -2.44. The van der Waals surface area contributed by atoms with Gasteiger partial charge in [-0.15, -0.1) is 0 Å². The first-order valence-corrected chi connectivity index (χ1v) is 12.6. The number of benzene rings is 2. The van der Waals surface area contributed by atoms with E-state index >= 15 is 0 Å². The molecule has 1 aliphatic rings. The molecule has 6 rings (SSSR count). The lowest BCUT2D eigenvalue weighted by molar-refractivity contribution is -0.127. The molecule has 39 heavy (non-hydrogen) atoms. The summed E-state index contributed by atoms with van der Waals surface area (Å²) < 4.78 is 28.0. The fourth-order valence-electron chi connectivity index (χ4n) is 4.62. The van der Waals surface area contributed by atoms with Crippen LogP contribution in [0.1, 0.15) is 11.1 Å². The number of carbonyl (C=O) groups is 1. The van der Waals surface area contributed by atoms with E-state index in [2.05, 4.69) is 31.1 Å². The Bertz CT molecular complexity index is 1640. The molecule has 3 aromatic heterocycles. The molecule has 1 aliphatic heterocycles. The van der Waals surface area contributed by atoms with Crippen LogP contribution >= 0.6 is 0 Å². The summed E-state index contributed by atoms with van der Waals surface area (Å²) in [5, 5.41) is 19.1. The van der Waals surface area contributed by atoms with E-state index < -0.39 is 0 Å². The Morgan fingerprint density at radius 1 is 1.26 bits per heavy atom. The Kier molecular flexibility index (Phi) is 6.88. The van der Waals surface area contributed by atoms with E-state index in [1.165, 1.54) is 18.5 Å². The minimum absolute atomic E-state index is 0.101. The number of rotatable bonds is 8. The molecule has 3 N–H and O–H groups in total. The molecule has 2 aromatic carbocycles. The van der Waals surface area contributed by atoms with Gasteiger partial charge in [0.2, 0.25) is 0 Å². The van der Waals surface area contributed by atoms with Gasteiger partial charge in [0.05, 0.1) is 43.4 Å². The van der Waals surface area contributed by atoms with E-state index in [9.17, 15) is 9.18 Å². The highest BCUT2D eigenvalue weighted by molar-refractivity contribution is 5.95. The molecular formula is C27H27FN8O3. The van der Waals surface area contributed by atoms with E-state index in [0.29, 0.717) is 37.8 Å². The number of morpholine rings is 1. The predicted octanol–water partition coefficient (Wildman–Crippen LogP) is 3.22. The zero-order chi connectivity index (χ0) is 26.8. The van der Waals surface area contributed by atoms with E-state index in [1.807, 2.05) is 35.9 Å². The molecule has 0 spiro atoms. The van der Waals surface area contributed by atoms with Gasteiger partial charge in [-0.1, -0.05) is 12.1 Å². The van der Waals surface area contributed by atoms with Gasteiger partial charge < -0.3 is 20.1 Å². The van der Waals surface area contributed by atoms with Gasteiger partial charge in [-0.2, -0.15) is 10.2 Å². The Balaban J connectivity index is 1.18. The molecule has 1 amide bonds. The van der Waals surface area contributed by atoms with Gasteiger partial charge in [0.15, 0.2) is 5.82 Å². The molecule has 1 fully saturated rings. The third kappa shape index (κ3) is 5.43. The normalized spacial score (nSPS) is 15.6. The number of carbonyl (C=O) groups excluding carboxylic acids is 1. The molecule has 0 saturated carbocycles. The second-order valence-electron chi connectivity index (χ2n) is 9.28. The van der Waals surface area contributed by atoms with Crippen LogP contribution in [0.25, 0.3) is 16.4 Å². The molecule has 4 heterocycles. The zero-order valence-corrected chi connectivity index (χ0v) is 21.2. The van der Waals surface area contributed by atoms with Gasteiger partial charge in [-0.25, -0.2) is 13.9 Å². The van der Waals surface area contributed by atoms with E-state index in [-0.39, 0.29) is 24.6 Å². The number of ether oxygens (including phenoxy) is 2. The topological polar surface area (TPSA) is 120 Å². The highest BCUT2D eigenvalue weighted by atomic mass is 19.1. The molecule has 1 atom stereocenters. The van der Waals surface area contributed by atoms with Crippen molar-refractivity contribution in [1.82, 2.24) is 29.7 Å². The fraction of sp³-hybridized carbons (Fsp3) is 0.259. The summed E-state index contributed by atoms with van der Waals surface area (Å²) in [5.74, 6) is 0.0500. The van der Waals surface area contributed by atoms with Gasteiger partial charge in [0.1, 0.15) is 30.5 Å². The monoisotopic (exact) mass is 530 g/mol. The average Bonchev–Trinajstić information content (AvgIpc) is 3.48. The average molecular weight is 531 g/mol. The van der Waals surface area contributed by atoms with Gasteiger partial charge in [-0.05, 0) is 42.8 Å². The Morgan fingerprint density at radius 3 is 3.03 bits per heavy atom. The lowest BCUT2D eigenvalue weighted by Gasteiger charge is -2.23. The summed E-state index contributed by atoms with van der Waals surface area (Å²) in [6.07, 6.45) is 4.68. The van der Waals surface area contributed by atoms with Crippen molar-refractivity contribution < 1.29 is 18.7 Å². The Morgan fingerprint density at radius 2 is 2.18 bits per heavy atom. The molecular weight excluding hydrogens is 503 g/mol. The zero-order valence-electron chi connectivity index (χ0n) is 21.2. The number of halogens is 1. The summed E-state index contributed by atoms with van der Waals surface area (Å²) >= 11 is 0. The lowest BCUT2D eigenvalue weighted by atomic mass is 10.2. The molecule has 0 bridgehead atoms. The van der Waals surface area contributed by atoms with Crippen molar-refractivity contribution in [2.75, 3.05) is 37.0 Å². The highest BCUT2D eigenvalue weighted by Gasteiger charge is 2.18. The maximum atomic E-state index is 13.6. The van der Waals surface area contributed by atoms with Gasteiger partial charge >= 0.3 is 0 Å². The van der Waals surface area contributed by atoms with Crippen LogP contribution in [-0.2, 0) is 20.8 Å². The van der Waals surface area contributed by atoms with Crippen LogP contribution in [0.4, 0.5) is 21.6 Å². The van der Waals surface area contributed by atoms with Crippen molar-refractivity contribution in [1.29, 1.82) is 0 Å². The summed E-state index contributed by atoms with van der Waals surface area (Å²) in [6.45, 7) is 4.00. The first kappa shape index (κ1) is 24.9. The molecule has 5 aromatic rings. The SMILES string of the molecule is Cc1c(NC(=O)CO[C@@H]2COCCN2)cn2ncnc(Nc3ccc4c(cnn4Cc4cccc(F)c4)c3)c12. The Labute approximate surface area is 222 Å². The number of fused-ring (bicyclic) bond motifs is 2. The van der Waals surface area contributed by atoms with Crippen molar-refractivity contribution in [2.45, 2.75) is 19.7 Å². The quantitative estimate of drug-likeness (QED) is 0.280. The minimum Gasteiger partial charge on any atom is -0.376 e. The van der Waals surface area contributed by atoms with Crippen LogP contribution in [0.15, 0.2) is 61.2 Å². The fourth-order valence-corrected chi connectivity index (χ4v) is 4.62. The van der Waals surface area contributed by atoms with Gasteiger partial charge in [0.25, 0.3) is 5.91 Å². The number of nitrogens with zero attached hydrogens (tertiary/aromatic N) is 5. The van der Waals surface area contributed by atoms with Crippen molar-refractivity contribution in [3.8, 4) is 0 Å². The first-order valence-electron chi connectivity index (χ1n) is 12.6. The standard InChI is InChI=1S/C27H27FN8O3/c1-17-22(34-24(37)14-39-25-15-38-8-7-29-25)13-36-26(17)27(30-16-32-36)33-21-5-6-23-19(10-21)11-31-35(23)12-18-3-2-4-20(28)9-18/h2-6,9-11,13,16,25,29H,7-8,12,14-15H2,1H3,(H,34,37)(H,30,32,33)/t25-/m1/s1. The number of hydrogen-bond donors (Lipinski definition) is 3. The molecule has 0 unspecified atom stereocenters. The molecule has 1 saturated heterocycles. The Hall–Kier alpha value is -4.39. The van der Waals surface area contributed by atoms with E-state index in [4.69, 9.17) is 9.47 Å². The van der Waals surface area contributed by atoms with Gasteiger partial charge in [0, 0.05) is 23.2 Å². The predicted molar refractivity (Wildman–Crippen MR) is 143 cm³/mol. The van der Waals surface area contributed by atoms with Crippen molar-refractivity contribution >= 4 is 39.5 Å².